The molecule has 2 amide bonds. The Morgan fingerprint density at radius 3 is 2.48 bits per heavy atom. The molecule has 31 heavy (non-hydrogen) atoms. The maximum Gasteiger partial charge on any atom is 0.248 e. The predicted molar refractivity (Wildman–Crippen MR) is 114 cm³/mol. The van der Waals surface area contributed by atoms with E-state index < -0.39 is 29.7 Å². The molecule has 1 aromatic carbocycles. The molecule has 1 unspecified atom stereocenters. The summed E-state index contributed by atoms with van der Waals surface area (Å²) in [5, 5.41) is 32.1. The summed E-state index contributed by atoms with van der Waals surface area (Å²) in [4.78, 5) is 27.2. The van der Waals surface area contributed by atoms with Crippen molar-refractivity contribution in [1.82, 2.24) is 25.2 Å². The number of carbonyl (C=O) groups excluding carboxylic acids is 2. The summed E-state index contributed by atoms with van der Waals surface area (Å²) in [6, 6.07) is 5.19. The van der Waals surface area contributed by atoms with Crippen LogP contribution in [-0.2, 0) is 9.59 Å². The highest BCUT2D eigenvalue weighted by atomic mass is 35.5. The molecule has 0 radical (unpaired) electrons. The van der Waals surface area contributed by atoms with E-state index in [0.717, 1.165) is 0 Å². The molecule has 2 heterocycles. The minimum atomic E-state index is -1.03. The number of aliphatic hydroxyl groups excluding tert-OH is 2. The van der Waals surface area contributed by atoms with Crippen LogP contribution in [0.2, 0.25) is 5.02 Å². The Hall–Kier alpha value is -2.49. The number of nitrogens with one attached hydrogen (secondary N) is 1. The normalized spacial score (nSPS) is 21.1. The fraction of sp³-hybridized carbons (Fsp3) is 0.524. The van der Waals surface area contributed by atoms with E-state index in [0.29, 0.717) is 10.6 Å². The Kier molecular flexibility index (Phi) is 6.68. The van der Waals surface area contributed by atoms with Crippen LogP contribution in [0.4, 0.5) is 0 Å². The molecule has 1 fully saturated rings. The molecule has 9 nitrogen and oxygen atoms in total. The molecule has 0 aliphatic carbocycles. The van der Waals surface area contributed by atoms with Crippen LogP contribution in [0.5, 0.6) is 0 Å². The number of hydrogen-bond acceptors (Lipinski definition) is 6. The van der Waals surface area contributed by atoms with E-state index in [1.54, 1.807) is 24.3 Å². The number of aromatic nitrogens is 3. The van der Waals surface area contributed by atoms with Crippen LogP contribution < -0.4 is 5.32 Å². The molecule has 0 bridgehead atoms. The molecule has 1 saturated heterocycles. The highest BCUT2D eigenvalue weighted by molar-refractivity contribution is 6.30. The zero-order valence-electron chi connectivity index (χ0n) is 18.0. The van der Waals surface area contributed by atoms with Crippen molar-refractivity contribution in [2.24, 2.45) is 5.41 Å². The molecule has 10 heteroatoms. The minimum Gasteiger partial charge on any atom is -0.391 e. The third-order valence-electron chi connectivity index (χ3n) is 5.42. The lowest BCUT2D eigenvalue weighted by molar-refractivity contribution is -0.144. The van der Waals surface area contributed by atoms with Crippen molar-refractivity contribution in [3.05, 3.63) is 46.7 Å². The molecule has 4 atom stereocenters. The van der Waals surface area contributed by atoms with Gasteiger partial charge in [-0.25, -0.2) is 4.68 Å². The molecular formula is C21H28ClN5O4. The first-order valence-corrected chi connectivity index (χ1v) is 10.5. The first-order chi connectivity index (χ1) is 14.5. The van der Waals surface area contributed by atoms with Gasteiger partial charge in [0, 0.05) is 25.0 Å². The summed E-state index contributed by atoms with van der Waals surface area (Å²) in [5.41, 5.74) is 0.305. The molecule has 2 aromatic rings. The molecular weight excluding hydrogens is 422 g/mol. The molecule has 3 N–H and O–H groups in total. The number of nitrogens with zero attached hydrogens (tertiary/aromatic N) is 4. The summed E-state index contributed by atoms with van der Waals surface area (Å²) in [7, 11) is 1.50. The van der Waals surface area contributed by atoms with Gasteiger partial charge in [0.25, 0.3) is 0 Å². The molecule has 3 rings (SSSR count). The number of benzene rings is 1. The SMILES string of the molecule is CNC(=O)[C@H]1C[C@H](O)CN1C(=O)[C@@H](n1cc(C(O)c2ccc(Cl)cc2)nn1)C(C)(C)C. The van der Waals surface area contributed by atoms with Crippen LogP contribution in [0.1, 0.15) is 50.6 Å². The number of halogens is 1. The Bertz CT molecular complexity index is 940. The Morgan fingerprint density at radius 2 is 1.90 bits per heavy atom. The minimum absolute atomic E-state index is 0.0679. The van der Waals surface area contributed by atoms with Crippen molar-refractivity contribution in [3.63, 3.8) is 0 Å². The molecule has 1 aliphatic heterocycles. The summed E-state index contributed by atoms with van der Waals surface area (Å²) in [5.74, 6) is -0.662. The number of likely N-dealkylation sites (N-methyl/N-ethyl adjacent to an activating group) is 1. The highest BCUT2D eigenvalue weighted by Crippen LogP contribution is 2.35. The molecule has 168 valence electrons. The second kappa shape index (κ2) is 8.94. The van der Waals surface area contributed by atoms with Crippen molar-refractivity contribution in [2.45, 2.75) is 51.5 Å². The van der Waals surface area contributed by atoms with Gasteiger partial charge >= 0.3 is 0 Å². The summed E-state index contributed by atoms with van der Waals surface area (Å²) >= 11 is 5.91. The molecule has 0 saturated carbocycles. The fourth-order valence-corrected chi connectivity index (χ4v) is 3.99. The van der Waals surface area contributed by atoms with Crippen molar-refractivity contribution in [2.75, 3.05) is 13.6 Å². The van der Waals surface area contributed by atoms with E-state index in [4.69, 9.17) is 11.6 Å². The lowest BCUT2D eigenvalue weighted by Crippen LogP contribution is -2.49. The van der Waals surface area contributed by atoms with Crippen LogP contribution >= 0.6 is 11.6 Å². The van der Waals surface area contributed by atoms with E-state index in [9.17, 15) is 19.8 Å². The number of likely N-dealkylation sites (tertiary alicyclic amines) is 1. The Morgan fingerprint density at radius 1 is 1.26 bits per heavy atom. The van der Waals surface area contributed by atoms with E-state index in [-0.39, 0.29) is 30.5 Å². The van der Waals surface area contributed by atoms with Gasteiger partial charge in [-0.05, 0) is 23.1 Å². The second-order valence-electron chi connectivity index (χ2n) is 8.86. The predicted octanol–water partition coefficient (Wildman–Crippen LogP) is 1.31. The average Bonchev–Trinajstić information content (AvgIpc) is 3.33. The van der Waals surface area contributed by atoms with E-state index in [1.165, 1.54) is 22.8 Å². The van der Waals surface area contributed by atoms with Gasteiger partial charge in [-0.3, -0.25) is 9.59 Å². The second-order valence-corrected chi connectivity index (χ2v) is 9.29. The molecule has 1 aliphatic rings. The van der Waals surface area contributed by atoms with Crippen LogP contribution in [-0.4, -0.2) is 67.7 Å². The van der Waals surface area contributed by atoms with Crippen LogP contribution in [0.15, 0.2) is 30.5 Å². The zero-order chi connectivity index (χ0) is 22.9. The monoisotopic (exact) mass is 449 g/mol. The average molecular weight is 450 g/mol. The lowest BCUT2D eigenvalue weighted by Gasteiger charge is -2.34. The topological polar surface area (TPSA) is 121 Å². The van der Waals surface area contributed by atoms with Crippen molar-refractivity contribution < 1.29 is 19.8 Å². The number of rotatable bonds is 5. The van der Waals surface area contributed by atoms with Gasteiger partial charge in [-0.2, -0.15) is 0 Å². The van der Waals surface area contributed by atoms with Crippen molar-refractivity contribution in [3.8, 4) is 0 Å². The van der Waals surface area contributed by atoms with Gasteiger partial charge in [-0.1, -0.05) is 49.7 Å². The van der Waals surface area contributed by atoms with Crippen molar-refractivity contribution >= 4 is 23.4 Å². The van der Waals surface area contributed by atoms with Gasteiger partial charge in [0.2, 0.25) is 11.8 Å². The lowest BCUT2D eigenvalue weighted by atomic mass is 9.85. The number of β-amino-alcohol motifs (C(OH)–C–C–N with tert-alkyl or cyclic N) is 1. The van der Waals surface area contributed by atoms with Crippen LogP contribution in [0.3, 0.4) is 0 Å². The molecule has 0 spiro atoms. The number of amides is 2. The summed E-state index contributed by atoms with van der Waals surface area (Å²) in [6.45, 7) is 5.72. The van der Waals surface area contributed by atoms with Crippen molar-refractivity contribution in [1.29, 1.82) is 0 Å². The van der Waals surface area contributed by atoms with Crippen LogP contribution in [0.25, 0.3) is 0 Å². The number of aliphatic hydroxyl groups is 2. The third kappa shape index (κ3) is 4.89. The first-order valence-electron chi connectivity index (χ1n) is 10.1. The molecule has 1 aromatic heterocycles. The summed E-state index contributed by atoms with van der Waals surface area (Å²) in [6.07, 6.45) is -0.0897. The standard InChI is InChI=1S/C21H28ClN5O4/c1-21(2,3)18(20(31)26-10-14(28)9-16(26)19(30)23-4)27-11-15(24-25-27)17(29)12-5-7-13(22)8-6-12/h5-8,11,14,16-18,28-29H,9-10H2,1-4H3,(H,23,30)/t14-,16+,17?,18+/m0/s1. The van der Waals surface area contributed by atoms with E-state index >= 15 is 0 Å². The smallest absolute Gasteiger partial charge is 0.248 e. The highest BCUT2D eigenvalue weighted by Gasteiger charge is 2.45. The van der Waals surface area contributed by atoms with E-state index in [1.807, 2.05) is 20.8 Å². The van der Waals surface area contributed by atoms with Gasteiger partial charge < -0.3 is 20.4 Å². The maximum absolute atomic E-state index is 13.5. The quantitative estimate of drug-likeness (QED) is 0.632. The fourth-order valence-electron chi connectivity index (χ4n) is 3.87. The Balaban J connectivity index is 1.91. The first kappa shape index (κ1) is 23.2. The van der Waals surface area contributed by atoms with Gasteiger partial charge in [0.15, 0.2) is 0 Å². The number of hydrogen-bond donors (Lipinski definition) is 3. The van der Waals surface area contributed by atoms with Gasteiger partial charge in [0.05, 0.1) is 12.3 Å². The largest absolute Gasteiger partial charge is 0.391 e. The van der Waals surface area contributed by atoms with Gasteiger partial charge in [0.1, 0.15) is 23.9 Å². The van der Waals surface area contributed by atoms with Gasteiger partial charge in [-0.15, -0.1) is 5.10 Å². The van der Waals surface area contributed by atoms with Crippen LogP contribution in [0, 0.1) is 5.41 Å². The summed E-state index contributed by atoms with van der Waals surface area (Å²) < 4.78 is 1.42. The maximum atomic E-state index is 13.5. The third-order valence-corrected chi connectivity index (χ3v) is 5.68. The zero-order valence-corrected chi connectivity index (χ0v) is 18.7. The number of carbonyl (C=O) groups is 2. The Labute approximate surface area is 186 Å². The van der Waals surface area contributed by atoms with E-state index in [2.05, 4.69) is 15.6 Å².